The fraction of sp³-hybridized carbons (Fsp3) is 0.0667. The number of fused-ring (bicyclic) bond motifs is 1. The summed E-state index contributed by atoms with van der Waals surface area (Å²) < 4.78 is 18.0. The molecule has 38 heavy (non-hydrogen) atoms. The molecule has 1 aliphatic rings. The van der Waals surface area contributed by atoms with Gasteiger partial charge in [0, 0.05) is 26.7 Å². The Kier molecular flexibility index (Phi) is 7.36. The van der Waals surface area contributed by atoms with Gasteiger partial charge in [0.25, 0.3) is 0 Å². The number of ether oxygens (including phenoxy) is 3. The van der Waals surface area contributed by atoms with Crippen LogP contribution < -0.4 is 19.9 Å². The Hall–Kier alpha value is -4.25. The van der Waals surface area contributed by atoms with Crippen molar-refractivity contribution in [1.29, 1.82) is 5.26 Å². The van der Waals surface area contributed by atoms with E-state index in [0.29, 0.717) is 38.7 Å². The summed E-state index contributed by atoms with van der Waals surface area (Å²) >= 11 is 9.62. The highest BCUT2D eigenvalue weighted by Gasteiger charge is 2.31. The van der Waals surface area contributed by atoms with Crippen LogP contribution in [-0.2, 0) is 6.61 Å². The maximum atomic E-state index is 12.7. The molecule has 1 heterocycles. The van der Waals surface area contributed by atoms with Crippen LogP contribution in [0.25, 0.3) is 0 Å². The maximum absolute atomic E-state index is 12.7. The molecule has 4 aromatic carbocycles. The number of nitrogens with two attached hydrogens (primary N) is 1. The van der Waals surface area contributed by atoms with E-state index < -0.39 is 11.9 Å². The summed E-state index contributed by atoms with van der Waals surface area (Å²) in [7, 11) is 0. The highest BCUT2D eigenvalue weighted by atomic mass is 79.9. The predicted octanol–water partition coefficient (Wildman–Crippen LogP) is 7.12. The molecule has 0 amide bonds. The number of nitriles is 1. The Morgan fingerprint density at radius 3 is 2.58 bits per heavy atom. The molecule has 0 spiro atoms. The van der Waals surface area contributed by atoms with E-state index >= 15 is 0 Å². The van der Waals surface area contributed by atoms with Gasteiger partial charge < -0.3 is 19.9 Å². The normalized spacial score (nSPS) is 14.2. The molecule has 4 aromatic rings. The second-order valence-corrected chi connectivity index (χ2v) is 9.71. The third kappa shape index (κ3) is 5.23. The molecule has 0 saturated heterocycles. The summed E-state index contributed by atoms with van der Waals surface area (Å²) in [5, 5.41) is 10.5. The van der Waals surface area contributed by atoms with E-state index in [1.165, 1.54) is 0 Å². The van der Waals surface area contributed by atoms with E-state index in [9.17, 15) is 10.1 Å². The number of allylic oxidation sites excluding steroid dienone is 1. The van der Waals surface area contributed by atoms with Gasteiger partial charge in [0.15, 0.2) is 0 Å². The van der Waals surface area contributed by atoms with E-state index in [-0.39, 0.29) is 17.2 Å². The van der Waals surface area contributed by atoms with Crippen molar-refractivity contribution in [2.24, 2.45) is 5.73 Å². The number of carbonyl (C=O) groups excluding carboxylic acids is 1. The number of halogens is 2. The summed E-state index contributed by atoms with van der Waals surface area (Å²) in [5.41, 5.74) is 9.19. The Bertz CT molecular complexity index is 1610. The molecule has 188 valence electrons. The van der Waals surface area contributed by atoms with Crippen LogP contribution in [0.4, 0.5) is 0 Å². The van der Waals surface area contributed by atoms with Gasteiger partial charge in [-0.05, 0) is 57.9 Å². The van der Waals surface area contributed by atoms with Gasteiger partial charge in [-0.2, -0.15) is 5.26 Å². The molecule has 0 fully saturated rings. The minimum absolute atomic E-state index is 0.0123. The second kappa shape index (κ2) is 11.0. The van der Waals surface area contributed by atoms with E-state index in [2.05, 4.69) is 22.0 Å². The zero-order valence-electron chi connectivity index (χ0n) is 19.9. The lowest BCUT2D eigenvalue weighted by Gasteiger charge is -2.27. The van der Waals surface area contributed by atoms with Gasteiger partial charge >= 0.3 is 5.97 Å². The highest BCUT2D eigenvalue weighted by molar-refractivity contribution is 9.10. The van der Waals surface area contributed by atoms with Gasteiger partial charge in [-0.1, -0.05) is 60.1 Å². The molecule has 0 aliphatic carbocycles. The molecule has 5 rings (SSSR count). The van der Waals surface area contributed by atoms with Crippen LogP contribution in [0.2, 0.25) is 5.02 Å². The molecule has 8 heteroatoms. The number of hydrogen-bond acceptors (Lipinski definition) is 6. The average Bonchev–Trinajstić information content (AvgIpc) is 2.92. The quantitative estimate of drug-likeness (QED) is 0.191. The average molecular weight is 588 g/mol. The monoisotopic (exact) mass is 586 g/mol. The smallest absolute Gasteiger partial charge is 0.344 e. The van der Waals surface area contributed by atoms with Crippen molar-refractivity contribution in [3.05, 3.63) is 134 Å². The first kappa shape index (κ1) is 25.4. The number of benzene rings is 4. The zero-order valence-corrected chi connectivity index (χ0v) is 22.2. The Balaban J connectivity index is 1.43. The third-order valence-corrected chi connectivity index (χ3v) is 7.10. The SMILES string of the molecule is N#CC1=C(N)Oc2cc(OC(=O)c3ccccc3Br)ccc2C1c1cccc(OCc2ccccc2Cl)c1. The van der Waals surface area contributed by atoms with Crippen molar-refractivity contribution in [3.63, 3.8) is 0 Å². The molecule has 0 saturated carbocycles. The van der Waals surface area contributed by atoms with Crippen molar-refractivity contribution in [2.75, 3.05) is 0 Å². The predicted molar refractivity (Wildman–Crippen MR) is 147 cm³/mol. The van der Waals surface area contributed by atoms with E-state index in [4.69, 9.17) is 31.5 Å². The van der Waals surface area contributed by atoms with Crippen molar-refractivity contribution in [2.45, 2.75) is 12.5 Å². The van der Waals surface area contributed by atoms with Crippen molar-refractivity contribution >= 4 is 33.5 Å². The minimum Gasteiger partial charge on any atom is -0.489 e. The molecular formula is C30H20BrClN2O4. The largest absolute Gasteiger partial charge is 0.489 e. The number of nitrogens with zero attached hydrogens (tertiary/aromatic N) is 1. The lowest BCUT2D eigenvalue weighted by Crippen LogP contribution is -2.21. The van der Waals surface area contributed by atoms with Gasteiger partial charge in [0.05, 0.1) is 11.5 Å². The number of carbonyl (C=O) groups is 1. The first-order valence-corrected chi connectivity index (χ1v) is 12.8. The zero-order chi connectivity index (χ0) is 26.6. The molecule has 1 atom stereocenters. The molecule has 2 N–H and O–H groups in total. The maximum Gasteiger partial charge on any atom is 0.344 e. The summed E-state index contributed by atoms with van der Waals surface area (Å²) in [6, 6.07) is 29.1. The molecule has 0 radical (unpaired) electrons. The topological polar surface area (TPSA) is 94.6 Å². The van der Waals surface area contributed by atoms with E-state index in [1.807, 2.05) is 54.6 Å². The Morgan fingerprint density at radius 1 is 1.00 bits per heavy atom. The lowest BCUT2D eigenvalue weighted by molar-refractivity contribution is 0.0733. The third-order valence-electron chi connectivity index (χ3n) is 6.04. The van der Waals surface area contributed by atoms with Crippen LogP contribution in [0.15, 0.2) is 107 Å². The second-order valence-electron chi connectivity index (χ2n) is 8.45. The van der Waals surface area contributed by atoms with Gasteiger partial charge in [-0.15, -0.1) is 0 Å². The fourth-order valence-corrected chi connectivity index (χ4v) is 4.83. The van der Waals surface area contributed by atoms with Crippen molar-refractivity contribution < 1.29 is 19.0 Å². The molecule has 0 aromatic heterocycles. The number of rotatable bonds is 6. The van der Waals surface area contributed by atoms with Crippen LogP contribution in [-0.4, -0.2) is 5.97 Å². The highest BCUT2D eigenvalue weighted by Crippen LogP contribution is 2.44. The van der Waals surface area contributed by atoms with Gasteiger partial charge in [0.1, 0.15) is 35.5 Å². The minimum atomic E-state index is -0.519. The first-order valence-electron chi connectivity index (χ1n) is 11.6. The molecular weight excluding hydrogens is 568 g/mol. The van der Waals surface area contributed by atoms with Gasteiger partial charge in [-0.25, -0.2) is 4.79 Å². The van der Waals surface area contributed by atoms with E-state index in [1.54, 1.807) is 36.4 Å². The number of esters is 1. The van der Waals surface area contributed by atoms with Crippen molar-refractivity contribution in [3.8, 4) is 23.3 Å². The first-order chi connectivity index (χ1) is 18.4. The lowest BCUT2D eigenvalue weighted by atomic mass is 9.83. The van der Waals surface area contributed by atoms with Crippen LogP contribution in [0.1, 0.15) is 33.0 Å². The molecule has 6 nitrogen and oxygen atoms in total. The summed E-state index contributed by atoms with van der Waals surface area (Å²) in [6.07, 6.45) is 0. The number of hydrogen-bond donors (Lipinski definition) is 1. The van der Waals surface area contributed by atoms with E-state index in [0.717, 1.165) is 11.1 Å². The van der Waals surface area contributed by atoms with Crippen LogP contribution in [0, 0.1) is 11.3 Å². The molecule has 1 aliphatic heterocycles. The van der Waals surface area contributed by atoms with Crippen molar-refractivity contribution in [1.82, 2.24) is 0 Å². The Labute approximate surface area is 233 Å². The summed E-state index contributed by atoms with van der Waals surface area (Å²) in [5.74, 6) is 0.265. The van der Waals surface area contributed by atoms with Crippen LogP contribution in [0.5, 0.6) is 17.2 Å². The van der Waals surface area contributed by atoms with Gasteiger partial charge in [-0.3, -0.25) is 0 Å². The van der Waals surface area contributed by atoms with Gasteiger partial charge in [0.2, 0.25) is 5.88 Å². The summed E-state index contributed by atoms with van der Waals surface area (Å²) in [6.45, 7) is 0.294. The molecule has 1 unspecified atom stereocenters. The fourth-order valence-electron chi connectivity index (χ4n) is 4.19. The van der Waals surface area contributed by atoms with Crippen LogP contribution in [0.3, 0.4) is 0 Å². The molecule has 0 bridgehead atoms. The van der Waals surface area contributed by atoms with Crippen LogP contribution >= 0.6 is 27.5 Å². The summed E-state index contributed by atoms with van der Waals surface area (Å²) in [4.78, 5) is 12.7. The Morgan fingerprint density at radius 2 is 1.79 bits per heavy atom. The standard InChI is InChI=1S/C30H20BrClN2O4/c31-25-10-3-2-9-22(25)30(35)37-21-12-13-23-27(15-21)38-29(34)24(16-33)28(23)18-7-5-8-20(14-18)36-17-19-6-1-4-11-26(19)32/h1-15,28H,17,34H2.